The summed E-state index contributed by atoms with van der Waals surface area (Å²) >= 11 is 0. The number of nitrogens with one attached hydrogen (secondary N) is 1. The van der Waals surface area contributed by atoms with Gasteiger partial charge in [-0.1, -0.05) is 18.2 Å². The zero-order valence-corrected chi connectivity index (χ0v) is 13.0. The molecular weight excluding hydrogens is 290 g/mol. The predicted molar refractivity (Wildman–Crippen MR) is 88.4 cm³/mol. The molecule has 0 bridgehead atoms. The number of aromatic nitrogens is 1. The Morgan fingerprint density at radius 2 is 2.35 bits per heavy atom. The number of fused-ring (bicyclic) bond motifs is 1. The number of para-hydroxylation sites is 1. The summed E-state index contributed by atoms with van der Waals surface area (Å²) in [6.07, 6.45) is 6.08. The molecule has 3 rings (SSSR count). The molecule has 5 heteroatoms. The van der Waals surface area contributed by atoms with E-state index in [2.05, 4.69) is 11.4 Å². The molecule has 0 unspecified atom stereocenters. The van der Waals surface area contributed by atoms with Crippen molar-refractivity contribution in [1.82, 2.24) is 9.88 Å². The number of rotatable bonds is 4. The molecule has 1 saturated heterocycles. The SMILES string of the molecule is Cn1cc(/C=C/C(=O)N[C@@H](C#N)[C@H]2CCOC2)c2ccccc21. The molecule has 2 atom stereocenters. The lowest BCUT2D eigenvalue weighted by molar-refractivity contribution is -0.117. The topological polar surface area (TPSA) is 67.0 Å². The van der Waals surface area contributed by atoms with Crippen LogP contribution in [-0.4, -0.2) is 29.7 Å². The summed E-state index contributed by atoms with van der Waals surface area (Å²) in [6.45, 7) is 1.19. The lowest BCUT2D eigenvalue weighted by atomic mass is 10.0. The van der Waals surface area contributed by atoms with Gasteiger partial charge in [-0.25, -0.2) is 0 Å². The number of ether oxygens (including phenoxy) is 1. The fourth-order valence-corrected chi connectivity index (χ4v) is 2.94. The number of aryl methyl sites for hydroxylation is 1. The van der Waals surface area contributed by atoms with Crippen molar-refractivity contribution in [2.24, 2.45) is 13.0 Å². The number of carbonyl (C=O) groups is 1. The standard InChI is InChI=1S/C18H19N3O2/c1-21-11-13(15-4-2-3-5-17(15)21)6-7-18(22)20-16(10-19)14-8-9-23-12-14/h2-7,11,14,16H,8-9,12H2,1H3,(H,20,22)/b7-6+/t14-,16-/m0/s1. The van der Waals surface area contributed by atoms with Gasteiger partial charge < -0.3 is 14.6 Å². The van der Waals surface area contributed by atoms with Gasteiger partial charge in [0.1, 0.15) is 6.04 Å². The monoisotopic (exact) mass is 309 g/mol. The van der Waals surface area contributed by atoms with Crippen molar-refractivity contribution in [3.05, 3.63) is 42.1 Å². The molecule has 23 heavy (non-hydrogen) atoms. The minimum absolute atomic E-state index is 0.0786. The van der Waals surface area contributed by atoms with Crippen LogP contribution in [0.3, 0.4) is 0 Å². The van der Waals surface area contributed by atoms with Crippen molar-refractivity contribution in [3.8, 4) is 6.07 Å². The Morgan fingerprint density at radius 3 is 3.09 bits per heavy atom. The summed E-state index contributed by atoms with van der Waals surface area (Å²) in [6, 6.07) is 9.70. The Labute approximate surface area is 135 Å². The van der Waals surface area contributed by atoms with Crippen LogP contribution in [0.25, 0.3) is 17.0 Å². The van der Waals surface area contributed by atoms with Gasteiger partial charge in [-0.2, -0.15) is 5.26 Å². The maximum absolute atomic E-state index is 12.1. The van der Waals surface area contributed by atoms with Crippen molar-refractivity contribution in [1.29, 1.82) is 5.26 Å². The van der Waals surface area contributed by atoms with Crippen LogP contribution in [-0.2, 0) is 16.6 Å². The van der Waals surface area contributed by atoms with Crippen molar-refractivity contribution < 1.29 is 9.53 Å². The van der Waals surface area contributed by atoms with Crippen LogP contribution in [0.5, 0.6) is 0 Å². The lowest BCUT2D eigenvalue weighted by Crippen LogP contribution is -2.38. The van der Waals surface area contributed by atoms with Gasteiger partial charge in [-0.3, -0.25) is 4.79 Å². The van der Waals surface area contributed by atoms with E-state index in [1.165, 1.54) is 6.08 Å². The molecule has 1 amide bonds. The maximum Gasteiger partial charge on any atom is 0.245 e. The van der Waals surface area contributed by atoms with Crippen molar-refractivity contribution in [3.63, 3.8) is 0 Å². The molecule has 1 aromatic heterocycles. The summed E-state index contributed by atoms with van der Waals surface area (Å²) < 4.78 is 7.31. The lowest BCUT2D eigenvalue weighted by Gasteiger charge is -2.15. The quantitative estimate of drug-likeness (QED) is 0.881. The van der Waals surface area contributed by atoms with E-state index >= 15 is 0 Å². The van der Waals surface area contributed by atoms with E-state index in [-0.39, 0.29) is 11.8 Å². The number of hydrogen-bond donors (Lipinski definition) is 1. The smallest absolute Gasteiger partial charge is 0.245 e. The van der Waals surface area contributed by atoms with Crippen LogP contribution >= 0.6 is 0 Å². The highest BCUT2D eigenvalue weighted by Gasteiger charge is 2.26. The maximum atomic E-state index is 12.1. The van der Waals surface area contributed by atoms with E-state index < -0.39 is 6.04 Å². The fraction of sp³-hybridized carbons (Fsp3) is 0.333. The van der Waals surface area contributed by atoms with Gasteiger partial charge in [0.2, 0.25) is 5.91 Å². The molecule has 1 aromatic carbocycles. The van der Waals surface area contributed by atoms with Crippen LogP contribution in [0.4, 0.5) is 0 Å². The molecular formula is C18H19N3O2. The molecule has 0 saturated carbocycles. The molecule has 5 nitrogen and oxygen atoms in total. The number of carbonyl (C=O) groups excluding carboxylic acids is 1. The number of benzene rings is 1. The molecule has 0 spiro atoms. The summed E-state index contributed by atoms with van der Waals surface area (Å²) in [7, 11) is 1.98. The number of nitriles is 1. The van der Waals surface area contributed by atoms with Gasteiger partial charge in [0.15, 0.2) is 0 Å². The Bertz CT molecular complexity index is 779. The fourth-order valence-electron chi connectivity index (χ4n) is 2.94. The molecule has 1 N–H and O–H groups in total. The Morgan fingerprint density at radius 1 is 1.52 bits per heavy atom. The van der Waals surface area contributed by atoms with E-state index in [0.29, 0.717) is 13.2 Å². The average Bonchev–Trinajstić information content (AvgIpc) is 3.20. The van der Waals surface area contributed by atoms with Crippen molar-refractivity contribution in [2.75, 3.05) is 13.2 Å². The summed E-state index contributed by atoms with van der Waals surface area (Å²) in [5.41, 5.74) is 2.10. The van der Waals surface area contributed by atoms with Gasteiger partial charge in [0.25, 0.3) is 0 Å². The summed E-state index contributed by atoms with van der Waals surface area (Å²) in [5, 5.41) is 13.1. The second-order valence-electron chi connectivity index (χ2n) is 5.78. The first-order valence-electron chi connectivity index (χ1n) is 7.69. The van der Waals surface area contributed by atoms with Gasteiger partial charge >= 0.3 is 0 Å². The molecule has 118 valence electrons. The third-order valence-corrected chi connectivity index (χ3v) is 4.22. The van der Waals surface area contributed by atoms with Gasteiger partial charge in [-0.15, -0.1) is 0 Å². The van der Waals surface area contributed by atoms with Crippen molar-refractivity contribution >= 4 is 22.9 Å². The number of amides is 1. The largest absolute Gasteiger partial charge is 0.381 e. The van der Waals surface area contributed by atoms with Gasteiger partial charge in [0.05, 0.1) is 12.7 Å². The second kappa shape index (κ2) is 6.67. The number of nitrogens with zero attached hydrogens (tertiary/aromatic N) is 2. The Kier molecular flexibility index (Phi) is 4.45. The van der Waals surface area contributed by atoms with Crippen LogP contribution < -0.4 is 5.32 Å². The summed E-state index contributed by atoms with van der Waals surface area (Å²) in [4.78, 5) is 12.1. The predicted octanol–water partition coefficient (Wildman–Crippen LogP) is 2.24. The van der Waals surface area contributed by atoms with Gasteiger partial charge in [-0.05, 0) is 18.6 Å². The third-order valence-electron chi connectivity index (χ3n) is 4.22. The highest BCUT2D eigenvalue weighted by molar-refractivity contribution is 5.96. The molecule has 1 aliphatic rings. The van der Waals surface area contributed by atoms with Crippen LogP contribution in [0.2, 0.25) is 0 Å². The zero-order valence-electron chi connectivity index (χ0n) is 13.0. The van der Waals surface area contributed by atoms with Crippen LogP contribution in [0.1, 0.15) is 12.0 Å². The minimum atomic E-state index is -0.498. The normalized spacial score (nSPS) is 19.0. The first-order chi connectivity index (χ1) is 11.2. The van der Waals surface area contributed by atoms with E-state index in [4.69, 9.17) is 4.74 Å². The van der Waals surface area contributed by atoms with E-state index in [9.17, 15) is 10.1 Å². The minimum Gasteiger partial charge on any atom is -0.381 e. The van der Waals surface area contributed by atoms with E-state index in [1.54, 1.807) is 6.08 Å². The highest BCUT2D eigenvalue weighted by atomic mass is 16.5. The molecule has 0 aliphatic carbocycles. The molecule has 1 fully saturated rings. The molecule has 1 aliphatic heterocycles. The average molecular weight is 309 g/mol. The highest BCUT2D eigenvalue weighted by Crippen LogP contribution is 2.21. The zero-order chi connectivity index (χ0) is 16.2. The first kappa shape index (κ1) is 15.3. The second-order valence-corrected chi connectivity index (χ2v) is 5.78. The Balaban J connectivity index is 1.71. The van der Waals surface area contributed by atoms with Crippen LogP contribution in [0, 0.1) is 17.2 Å². The van der Waals surface area contributed by atoms with Crippen molar-refractivity contribution in [2.45, 2.75) is 12.5 Å². The molecule has 2 heterocycles. The van der Waals surface area contributed by atoms with E-state index in [1.807, 2.05) is 42.1 Å². The summed E-state index contributed by atoms with van der Waals surface area (Å²) in [5.74, 6) is -0.175. The third kappa shape index (κ3) is 3.27. The van der Waals surface area contributed by atoms with Gasteiger partial charge in [0, 0.05) is 48.3 Å². The molecule has 0 radical (unpaired) electrons. The van der Waals surface area contributed by atoms with E-state index in [0.717, 1.165) is 22.9 Å². The first-order valence-corrected chi connectivity index (χ1v) is 7.69. The number of hydrogen-bond acceptors (Lipinski definition) is 3. The Hall–Kier alpha value is -2.58. The van der Waals surface area contributed by atoms with Crippen LogP contribution in [0.15, 0.2) is 36.5 Å². The molecule has 2 aromatic rings.